The molecule has 0 bridgehead atoms. The van der Waals surface area contributed by atoms with Crippen LogP contribution in [-0.4, -0.2) is 5.91 Å². The van der Waals surface area contributed by atoms with E-state index in [2.05, 4.69) is 5.32 Å². The molecule has 0 atom stereocenters. The maximum Gasteiger partial charge on any atom is 0.221 e. The summed E-state index contributed by atoms with van der Waals surface area (Å²) < 4.78 is 13.3. The number of carbonyl (C=O) groups excluding carboxylic acids is 1. The lowest BCUT2D eigenvalue weighted by Gasteiger charge is -2.10. The van der Waals surface area contributed by atoms with Crippen LogP contribution in [0, 0.1) is 5.82 Å². The number of hydrogen-bond acceptors (Lipinski definition) is 1. The van der Waals surface area contributed by atoms with Crippen LogP contribution in [0.4, 0.5) is 10.1 Å². The summed E-state index contributed by atoms with van der Waals surface area (Å²) in [5.41, 5.74) is 2.00. The van der Waals surface area contributed by atoms with E-state index < -0.39 is 0 Å². The summed E-state index contributed by atoms with van der Waals surface area (Å²) in [5.74, 6) is -0.550. The van der Waals surface area contributed by atoms with E-state index in [0.29, 0.717) is 16.3 Å². The second-order valence-corrected chi connectivity index (χ2v) is 4.31. The van der Waals surface area contributed by atoms with Gasteiger partial charge in [0.1, 0.15) is 5.82 Å². The smallest absolute Gasteiger partial charge is 0.221 e. The number of amides is 1. The Hall–Kier alpha value is -1.87. The Morgan fingerprint density at radius 3 is 2.44 bits per heavy atom. The molecular formula is C14H11ClFNO. The van der Waals surface area contributed by atoms with Gasteiger partial charge >= 0.3 is 0 Å². The van der Waals surface area contributed by atoms with Gasteiger partial charge in [0, 0.05) is 23.2 Å². The highest BCUT2D eigenvalue weighted by molar-refractivity contribution is 6.30. The van der Waals surface area contributed by atoms with Crippen molar-refractivity contribution < 1.29 is 9.18 Å². The number of rotatable bonds is 2. The molecule has 4 heteroatoms. The van der Waals surface area contributed by atoms with Crippen molar-refractivity contribution >= 4 is 23.2 Å². The summed E-state index contributed by atoms with van der Waals surface area (Å²) in [6.07, 6.45) is 0. The zero-order valence-electron chi connectivity index (χ0n) is 9.71. The Balaban J connectivity index is 2.50. The third-order valence-electron chi connectivity index (χ3n) is 2.45. The summed E-state index contributed by atoms with van der Waals surface area (Å²) in [5, 5.41) is 3.28. The Bertz CT molecular complexity index is 581. The first-order chi connectivity index (χ1) is 8.56. The number of carbonyl (C=O) groups is 1. The minimum absolute atomic E-state index is 0.197. The van der Waals surface area contributed by atoms with Gasteiger partial charge in [-0.15, -0.1) is 0 Å². The number of halogens is 2. The van der Waals surface area contributed by atoms with E-state index in [9.17, 15) is 9.18 Å². The van der Waals surface area contributed by atoms with Crippen molar-refractivity contribution in [2.24, 2.45) is 0 Å². The van der Waals surface area contributed by atoms with E-state index in [-0.39, 0.29) is 11.7 Å². The van der Waals surface area contributed by atoms with E-state index in [4.69, 9.17) is 11.6 Å². The number of anilines is 1. The highest BCUT2D eigenvalue weighted by Gasteiger charge is 2.08. The van der Waals surface area contributed by atoms with E-state index in [0.717, 1.165) is 5.56 Å². The van der Waals surface area contributed by atoms with Crippen molar-refractivity contribution in [3.8, 4) is 11.1 Å². The van der Waals surface area contributed by atoms with Gasteiger partial charge in [-0.05, 0) is 35.9 Å². The molecule has 0 fully saturated rings. The summed E-state index contributed by atoms with van der Waals surface area (Å²) in [6.45, 7) is 1.41. The monoisotopic (exact) mass is 263 g/mol. The van der Waals surface area contributed by atoms with Gasteiger partial charge in [-0.2, -0.15) is 0 Å². The molecule has 0 spiro atoms. The Labute approximate surface area is 109 Å². The van der Waals surface area contributed by atoms with Crippen LogP contribution in [-0.2, 0) is 4.79 Å². The zero-order chi connectivity index (χ0) is 13.1. The highest BCUT2D eigenvalue weighted by atomic mass is 35.5. The predicted molar refractivity (Wildman–Crippen MR) is 71.1 cm³/mol. The van der Waals surface area contributed by atoms with Crippen LogP contribution in [0.2, 0.25) is 5.02 Å². The van der Waals surface area contributed by atoms with Crippen LogP contribution in [0.1, 0.15) is 6.92 Å². The third-order valence-corrected chi connectivity index (χ3v) is 2.70. The average Bonchev–Trinajstić information content (AvgIpc) is 2.32. The lowest BCUT2D eigenvalue weighted by atomic mass is 10.0. The molecule has 0 unspecified atom stereocenters. The fourth-order valence-corrected chi connectivity index (χ4v) is 1.81. The van der Waals surface area contributed by atoms with Gasteiger partial charge in [0.05, 0.1) is 0 Å². The van der Waals surface area contributed by atoms with Crippen LogP contribution in [0.3, 0.4) is 0 Å². The molecule has 0 aliphatic rings. The molecule has 1 amide bonds. The maximum absolute atomic E-state index is 13.3. The normalized spacial score (nSPS) is 10.2. The van der Waals surface area contributed by atoms with Crippen LogP contribution in [0.25, 0.3) is 11.1 Å². The Kier molecular flexibility index (Phi) is 3.63. The molecule has 0 heterocycles. The van der Waals surface area contributed by atoms with Gasteiger partial charge in [-0.1, -0.05) is 23.7 Å². The molecule has 0 radical (unpaired) electrons. The van der Waals surface area contributed by atoms with Crippen molar-refractivity contribution in [2.45, 2.75) is 6.92 Å². The Morgan fingerprint density at radius 2 is 1.83 bits per heavy atom. The third kappa shape index (κ3) is 2.87. The standard InChI is InChI=1S/C14H11ClFNO/c1-9(18)17-14-7-6-12(16)8-13(14)10-2-4-11(15)5-3-10/h2-8H,1H3,(H,17,18). The van der Waals surface area contributed by atoms with Crippen molar-refractivity contribution in [1.82, 2.24) is 0 Å². The minimum atomic E-state index is -0.353. The second-order valence-electron chi connectivity index (χ2n) is 3.88. The zero-order valence-corrected chi connectivity index (χ0v) is 10.5. The molecule has 0 aromatic heterocycles. The van der Waals surface area contributed by atoms with E-state index >= 15 is 0 Å². The quantitative estimate of drug-likeness (QED) is 0.868. The molecule has 0 saturated carbocycles. The van der Waals surface area contributed by atoms with Crippen LogP contribution < -0.4 is 5.32 Å². The van der Waals surface area contributed by atoms with Crippen molar-refractivity contribution in [3.63, 3.8) is 0 Å². The molecule has 2 nitrogen and oxygen atoms in total. The molecule has 1 N–H and O–H groups in total. The number of hydrogen-bond donors (Lipinski definition) is 1. The fraction of sp³-hybridized carbons (Fsp3) is 0.0714. The molecular weight excluding hydrogens is 253 g/mol. The topological polar surface area (TPSA) is 29.1 Å². The predicted octanol–water partition coefficient (Wildman–Crippen LogP) is 4.10. The second kappa shape index (κ2) is 5.19. The first-order valence-electron chi connectivity index (χ1n) is 5.39. The molecule has 2 rings (SSSR count). The van der Waals surface area contributed by atoms with Crippen LogP contribution >= 0.6 is 11.6 Å². The van der Waals surface area contributed by atoms with E-state index in [1.54, 1.807) is 30.3 Å². The molecule has 2 aromatic rings. The van der Waals surface area contributed by atoms with Crippen molar-refractivity contribution in [1.29, 1.82) is 0 Å². The van der Waals surface area contributed by atoms with Crippen molar-refractivity contribution in [2.75, 3.05) is 5.32 Å². The summed E-state index contributed by atoms with van der Waals surface area (Å²) in [6, 6.07) is 11.2. The van der Waals surface area contributed by atoms with Gasteiger partial charge in [-0.25, -0.2) is 4.39 Å². The van der Waals surface area contributed by atoms with Gasteiger partial charge in [-0.3, -0.25) is 4.79 Å². The first kappa shape index (κ1) is 12.6. The molecule has 92 valence electrons. The average molecular weight is 264 g/mol. The summed E-state index contributed by atoms with van der Waals surface area (Å²) in [7, 11) is 0. The van der Waals surface area contributed by atoms with Crippen molar-refractivity contribution in [3.05, 3.63) is 53.3 Å². The van der Waals surface area contributed by atoms with E-state index in [1.807, 2.05) is 0 Å². The van der Waals surface area contributed by atoms with Gasteiger partial charge in [0.25, 0.3) is 0 Å². The molecule has 2 aromatic carbocycles. The van der Waals surface area contributed by atoms with Crippen LogP contribution in [0.5, 0.6) is 0 Å². The van der Waals surface area contributed by atoms with Gasteiger partial charge < -0.3 is 5.32 Å². The molecule has 0 aliphatic carbocycles. The fourth-order valence-electron chi connectivity index (χ4n) is 1.68. The number of nitrogens with one attached hydrogen (secondary N) is 1. The lowest BCUT2D eigenvalue weighted by Crippen LogP contribution is -2.07. The largest absolute Gasteiger partial charge is 0.326 e. The van der Waals surface area contributed by atoms with Gasteiger partial charge in [0.2, 0.25) is 5.91 Å². The molecule has 0 aliphatic heterocycles. The summed E-state index contributed by atoms with van der Waals surface area (Å²) >= 11 is 5.81. The summed E-state index contributed by atoms with van der Waals surface area (Å²) in [4.78, 5) is 11.1. The molecule has 18 heavy (non-hydrogen) atoms. The van der Waals surface area contributed by atoms with Gasteiger partial charge in [0.15, 0.2) is 0 Å². The highest BCUT2D eigenvalue weighted by Crippen LogP contribution is 2.29. The van der Waals surface area contributed by atoms with Crippen LogP contribution in [0.15, 0.2) is 42.5 Å². The SMILES string of the molecule is CC(=O)Nc1ccc(F)cc1-c1ccc(Cl)cc1. The van der Waals surface area contributed by atoms with E-state index in [1.165, 1.54) is 19.1 Å². The maximum atomic E-state index is 13.3. The minimum Gasteiger partial charge on any atom is -0.326 e. The Morgan fingerprint density at radius 1 is 1.17 bits per heavy atom. The number of benzene rings is 2. The lowest BCUT2D eigenvalue weighted by molar-refractivity contribution is -0.114. The first-order valence-corrected chi connectivity index (χ1v) is 5.77. The molecule has 0 saturated heterocycles.